The Kier molecular flexibility index (Phi) is 3.96. The predicted molar refractivity (Wildman–Crippen MR) is 83.5 cm³/mol. The molecule has 1 N–H and O–H groups in total. The zero-order valence-corrected chi connectivity index (χ0v) is 12.9. The van der Waals surface area contributed by atoms with Gasteiger partial charge in [0.15, 0.2) is 5.13 Å². The number of hydrogen-bond acceptors (Lipinski definition) is 3. The van der Waals surface area contributed by atoms with Crippen molar-refractivity contribution >= 4 is 45.6 Å². The van der Waals surface area contributed by atoms with Crippen molar-refractivity contribution in [3.8, 4) is 11.3 Å². The van der Waals surface area contributed by atoms with Gasteiger partial charge in [0.05, 0.1) is 10.7 Å². The summed E-state index contributed by atoms with van der Waals surface area (Å²) in [5.41, 5.74) is 1.57. The fourth-order valence-corrected chi connectivity index (χ4v) is 3.25. The van der Waals surface area contributed by atoms with Crippen LogP contribution in [0.5, 0.6) is 0 Å². The first-order valence-electron chi connectivity index (χ1n) is 6.35. The number of carbonyl (C=O) groups excluding carboxylic acids is 1. The molecule has 3 rings (SSSR count). The van der Waals surface area contributed by atoms with E-state index in [0.717, 1.165) is 30.5 Å². The molecule has 3 nitrogen and oxygen atoms in total. The van der Waals surface area contributed by atoms with E-state index in [2.05, 4.69) is 10.3 Å². The summed E-state index contributed by atoms with van der Waals surface area (Å²) in [5, 5.41) is 6.50. The van der Waals surface area contributed by atoms with Crippen LogP contribution >= 0.6 is 34.5 Å². The van der Waals surface area contributed by atoms with Crippen LogP contribution < -0.4 is 5.32 Å². The number of halogens is 2. The number of anilines is 1. The zero-order chi connectivity index (χ0) is 14.1. The van der Waals surface area contributed by atoms with Gasteiger partial charge >= 0.3 is 0 Å². The molecule has 1 saturated carbocycles. The quantitative estimate of drug-likeness (QED) is 0.875. The molecule has 1 aromatic heterocycles. The molecule has 1 aromatic carbocycles. The molecule has 1 aliphatic rings. The van der Waals surface area contributed by atoms with E-state index in [1.54, 1.807) is 12.1 Å². The minimum absolute atomic E-state index is 0.0688. The van der Waals surface area contributed by atoms with E-state index in [-0.39, 0.29) is 11.8 Å². The molecule has 0 atom stereocenters. The molecule has 104 valence electrons. The number of carbonyl (C=O) groups is 1. The van der Waals surface area contributed by atoms with E-state index in [1.807, 2.05) is 11.4 Å². The molecule has 1 fully saturated rings. The number of nitrogens with one attached hydrogen (secondary N) is 1. The van der Waals surface area contributed by atoms with Gasteiger partial charge in [0.2, 0.25) is 5.91 Å². The van der Waals surface area contributed by atoms with E-state index < -0.39 is 0 Å². The number of thiazole rings is 1. The van der Waals surface area contributed by atoms with Crippen molar-refractivity contribution in [2.45, 2.75) is 19.3 Å². The number of hydrogen-bond donors (Lipinski definition) is 1. The molecule has 0 bridgehead atoms. The van der Waals surface area contributed by atoms with E-state index >= 15 is 0 Å². The molecule has 2 aromatic rings. The lowest BCUT2D eigenvalue weighted by atomic mass is 9.85. The minimum Gasteiger partial charge on any atom is -0.302 e. The van der Waals surface area contributed by atoms with Crippen LogP contribution in [0, 0.1) is 5.92 Å². The van der Waals surface area contributed by atoms with Crippen molar-refractivity contribution in [1.82, 2.24) is 4.98 Å². The minimum atomic E-state index is 0.0688. The molecular formula is C14H12Cl2N2OS. The fraction of sp³-hybridized carbons (Fsp3) is 0.286. The summed E-state index contributed by atoms with van der Waals surface area (Å²) in [6, 6.07) is 5.29. The molecule has 0 spiro atoms. The third-order valence-electron chi connectivity index (χ3n) is 3.42. The van der Waals surface area contributed by atoms with Crippen LogP contribution in [0.4, 0.5) is 5.13 Å². The molecule has 0 unspecified atom stereocenters. The third-order valence-corrected chi connectivity index (χ3v) is 4.72. The van der Waals surface area contributed by atoms with Gasteiger partial charge < -0.3 is 5.32 Å². The summed E-state index contributed by atoms with van der Waals surface area (Å²) in [7, 11) is 0. The molecule has 1 heterocycles. The highest BCUT2D eigenvalue weighted by Gasteiger charge is 2.25. The highest BCUT2D eigenvalue weighted by Crippen LogP contribution is 2.33. The van der Waals surface area contributed by atoms with Gasteiger partial charge in [0.25, 0.3) is 0 Å². The summed E-state index contributed by atoms with van der Waals surface area (Å²) >= 11 is 13.4. The molecule has 20 heavy (non-hydrogen) atoms. The average molecular weight is 327 g/mol. The molecule has 1 aliphatic carbocycles. The van der Waals surface area contributed by atoms with Gasteiger partial charge in [-0.2, -0.15) is 0 Å². The molecular weight excluding hydrogens is 315 g/mol. The number of rotatable bonds is 3. The van der Waals surface area contributed by atoms with E-state index in [1.165, 1.54) is 11.3 Å². The highest BCUT2D eigenvalue weighted by molar-refractivity contribution is 7.14. The fourth-order valence-electron chi connectivity index (χ4n) is 2.03. The van der Waals surface area contributed by atoms with Gasteiger partial charge in [-0.3, -0.25) is 4.79 Å². The second kappa shape index (κ2) is 5.72. The Labute approximate surface area is 130 Å². The number of benzene rings is 1. The maximum absolute atomic E-state index is 11.9. The summed E-state index contributed by atoms with van der Waals surface area (Å²) in [4.78, 5) is 16.3. The largest absolute Gasteiger partial charge is 0.302 e. The smallest absolute Gasteiger partial charge is 0.229 e. The maximum atomic E-state index is 11.9. The SMILES string of the molecule is O=C(Nc1nc(-c2ccc(Cl)cc2Cl)cs1)C1CCC1. The topological polar surface area (TPSA) is 42.0 Å². The molecule has 1 amide bonds. The number of aromatic nitrogens is 1. The van der Waals surface area contributed by atoms with Gasteiger partial charge in [-0.1, -0.05) is 29.6 Å². The number of nitrogens with zero attached hydrogens (tertiary/aromatic N) is 1. The van der Waals surface area contributed by atoms with Crippen molar-refractivity contribution in [3.63, 3.8) is 0 Å². The van der Waals surface area contributed by atoms with Crippen LogP contribution in [0.25, 0.3) is 11.3 Å². The van der Waals surface area contributed by atoms with E-state index in [4.69, 9.17) is 23.2 Å². The second-order valence-electron chi connectivity index (χ2n) is 4.78. The Balaban J connectivity index is 1.77. The zero-order valence-electron chi connectivity index (χ0n) is 10.5. The molecule has 0 saturated heterocycles. The lowest BCUT2D eigenvalue weighted by Crippen LogP contribution is -2.27. The maximum Gasteiger partial charge on any atom is 0.229 e. The van der Waals surface area contributed by atoms with E-state index in [9.17, 15) is 4.79 Å². The summed E-state index contributed by atoms with van der Waals surface area (Å²) in [6.07, 6.45) is 3.10. The van der Waals surface area contributed by atoms with E-state index in [0.29, 0.717) is 15.2 Å². The van der Waals surface area contributed by atoms with Crippen LogP contribution in [0.1, 0.15) is 19.3 Å². The monoisotopic (exact) mass is 326 g/mol. The molecule has 0 radical (unpaired) electrons. The normalized spacial score (nSPS) is 14.9. The first-order chi connectivity index (χ1) is 9.63. The van der Waals surface area contributed by atoms with Gasteiger partial charge in [0.1, 0.15) is 0 Å². The lowest BCUT2D eigenvalue weighted by Gasteiger charge is -2.23. The van der Waals surface area contributed by atoms with Crippen molar-refractivity contribution < 1.29 is 4.79 Å². The Hall–Kier alpha value is -1.10. The number of amides is 1. The Morgan fingerprint density at radius 1 is 1.35 bits per heavy atom. The first kappa shape index (κ1) is 13.9. The van der Waals surface area contributed by atoms with Gasteiger partial charge in [-0.05, 0) is 31.0 Å². The highest BCUT2D eigenvalue weighted by atomic mass is 35.5. The third kappa shape index (κ3) is 2.82. The molecule has 6 heteroatoms. The van der Waals surface area contributed by atoms with Crippen molar-refractivity contribution in [1.29, 1.82) is 0 Å². The van der Waals surface area contributed by atoms with Gasteiger partial charge in [0, 0.05) is 21.9 Å². The molecule has 0 aliphatic heterocycles. The van der Waals surface area contributed by atoms with Crippen molar-refractivity contribution in [2.24, 2.45) is 5.92 Å². The van der Waals surface area contributed by atoms with Crippen LogP contribution in [0.15, 0.2) is 23.6 Å². The Bertz CT molecular complexity index is 652. The van der Waals surface area contributed by atoms with Crippen LogP contribution in [0.2, 0.25) is 10.0 Å². The van der Waals surface area contributed by atoms with Crippen molar-refractivity contribution in [3.05, 3.63) is 33.6 Å². The summed E-state index contributed by atoms with van der Waals surface area (Å²) in [5.74, 6) is 0.223. The first-order valence-corrected chi connectivity index (χ1v) is 7.99. The van der Waals surface area contributed by atoms with Gasteiger partial charge in [-0.25, -0.2) is 4.98 Å². The van der Waals surface area contributed by atoms with Crippen LogP contribution in [-0.2, 0) is 4.79 Å². The second-order valence-corrected chi connectivity index (χ2v) is 6.48. The van der Waals surface area contributed by atoms with Crippen molar-refractivity contribution in [2.75, 3.05) is 5.32 Å². The lowest BCUT2D eigenvalue weighted by molar-refractivity contribution is -0.122. The van der Waals surface area contributed by atoms with Crippen LogP contribution in [-0.4, -0.2) is 10.9 Å². The average Bonchev–Trinajstić information content (AvgIpc) is 2.74. The Morgan fingerprint density at radius 2 is 2.15 bits per heavy atom. The van der Waals surface area contributed by atoms with Crippen LogP contribution in [0.3, 0.4) is 0 Å². The summed E-state index contributed by atoms with van der Waals surface area (Å²) < 4.78 is 0. The van der Waals surface area contributed by atoms with Gasteiger partial charge in [-0.15, -0.1) is 11.3 Å². The predicted octanol–water partition coefficient (Wildman–Crippen LogP) is 4.86. The Morgan fingerprint density at radius 3 is 2.80 bits per heavy atom. The summed E-state index contributed by atoms with van der Waals surface area (Å²) in [6.45, 7) is 0. The standard InChI is InChI=1S/C14H12Cl2N2OS/c15-9-4-5-10(11(16)6-9)12-7-20-14(17-12)18-13(19)8-2-1-3-8/h4-8H,1-3H2,(H,17,18,19).